The molecular formula is C12H10BrF2N3O2. The van der Waals surface area contributed by atoms with Crippen LogP contribution in [0.2, 0.25) is 0 Å². The van der Waals surface area contributed by atoms with E-state index in [0.717, 1.165) is 12.4 Å². The molecule has 0 aliphatic heterocycles. The van der Waals surface area contributed by atoms with Crippen LogP contribution in [0.5, 0.6) is 17.5 Å². The Morgan fingerprint density at radius 3 is 2.65 bits per heavy atom. The maximum absolute atomic E-state index is 13.6. The molecule has 0 saturated carbocycles. The summed E-state index contributed by atoms with van der Waals surface area (Å²) in [7, 11) is 0. The summed E-state index contributed by atoms with van der Waals surface area (Å²) in [5.41, 5.74) is 5.75. The van der Waals surface area contributed by atoms with Gasteiger partial charge in [-0.15, -0.1) is 0 Å². The van der Waals surface area contributed by atoms with E-state index in [9.17, 15) is 8.78 Å². The zero-order valence-corrected chi connectivity index (χ0v) is 11.9. The Kier molecular flexibility index (Phi) is 4.33. The first-order valence-electron chi connectivity index (χ1n) is 5.58. The van der Waals surface area contributed by atoms with Gasteiger partial charge in [0.25, 0.3) is 0 Å². The molecule has 2 rings (SSSR count). The van der Waals surface area contributed by atoms with Crippen molar-refractivity contribution in [3.8, 4) is 17.5 Å². The van der Waals surface area contributed by atoms with Gasteiger partial charge < -0.3 is 15.2 Å². The molecular weight excluding hydrogens is 336 g/mol. The van der Waals surface area contributed by atoms with Crippen molar-refractivity contribution in [1.29, 1.82) is 0 Å². The highest BCUT2D eigenvalue weighted by atomic mass is 79.9. The highest BCUT2D eigenvalue weighted by molar-refractivity contribution is 9.10. The van der Waals surface area contributed by atoms with Gasteiger partial charge in [0.05, 0.1) is 6.61 Å². The zero-order valence-electron chi connectivity index (χ0n) is 10.4. The molecule has 0 amide bonds. The molecule has 2 N–H and O–H groups in total. The molecule has 0 radical (unpaired) electrons. The fourth-order valence-corrected chi connectivity index (χ4v) is 1.82. The van der Waals surface area contributed by atoms with Gasteiger partial charge in [0.2, 0.25) is 17.6 Å². The van der Waals surface area contributed by atoms with Gasteiger partial charge in [-0.3, -0.25) is 0 Å². The lowest BCUT2D eigenvalue weighted by molar-refractivity contribution is 0.324. The van der Waals surface area contributed by atoms with E-state index in [1.54, 1.807) is 6.92 Å². The van der Waals surface area contributed by atoms with Crippen molar-refractivity contribution in [3.63, 3.8) is 0 Å². The van der Waals surface area contributed by atoms with Gasteiger partial charge in [-0.1, -0.05) is 15.9 Å². The fraction of sp³-hybridized carbons (Fsp3) is 0.167. The number of hydrogen-bond donors (Lipinski definition) is 1. The Bertz CT molecular complexity index is 640. The summed E-state index contributed by atoms with van der Waals surface area (Å²) in [5.74, 6) is -2.52. The minimum absolute atomic E-state index is 0.00846. The molecule has 1 aromatic heterocycles. The average molecular weight is 346 g/mol. The Morgan fingerprint density at radius 2 is 1.95 bits per heavy atom. The number of anilines is 1. The van der Waals surface area contributed by atoms with E-state index in [2.05, 4.69) is 25.9 Å². The minimum Gasteiger partial charge on any atom is -0.476 e. The molecule has 0 bridgehead atoms. The average Bonchev–Trinajstić information content (AvgIpc) is 2.40. The molecule has 2 aromatic rings. The second-order valence-electron chi connectivity index (χ2n) is 3.63. The van der Waals surface area contributed by atoms with Crippen LogP contribution in [0.15, 0.2) is 22.9 Å². The monoisotopic (exact) mass is 345 g/mol. The summed E-state index contributed by atoms with van der Waals surface area (Å²) in [4.78, 5) is 7.59. The fourth-order valence-electron chi connectivity index (χ4n) is 1.41. The smallest absolute Gasteiger partial charge is 0.249 e. The first-order valence-corrected chi connectivity index (χ1v) is 6.38. The van der Waals surface area contributed by atoms with Crippen molar-refractivity contribution >= 4 is 21.6 Å². The molecule has 20 heavy (non-hydrogen) atoms. The van der Waals surface area contributed by atoms with E-state index in [1.807, 2.05) is 0 Å². The van der Waals surface area contributed by atoms with E-state index in [4.69, 9.17) is 15.2 Å². The van der Waals surface area contributed by atoms with Crippen molar-refractivity contribution in [2.45, 2.75) is 6.92 Å². The molecule has 0 unspecified atom stereocenters. The van der Waals surface area contributed by atoms with Crippen LogP contribution >= 0.6 is 15.9 Å². The Hall–Kier alpha value is -1.96. The molecule has 5 nitrogen and oxygen atoms in total. The summed E-state index contributed by atoms with van der Waals surface area (Å²) < 4.78 is 37.6. The van der Waals surface area contributed by atoms with Crippen molar-refractivity contribution in [1.82, 2.24) is 9.97 Å². The van der Waals surface area contributed by atoms with Gasteiger partial charge in [-0.25, -0.2) is 4.39 Å². The molecule has 8 heteroatoms. The van der Waals surface area contributed by atoms with E-state index in [0.29, 0.717) is 11.1 Å². The third-order valence-corrected chi connectivity index (χ3v) is 2.72. The van der Waals surface area contributed by atoms with Crippen LogP contribution < -0.4 is 15.2 Å². The number of ether oxygens (including phenoxy) is 2. The van der Waals surface area contributed by atoms with Gasteiger partial charge >= 0.3 is 0 Å². The third-order valence-electron chi connectivity index (χ3n) is 2.26. The molecule has 0 spiro atoms. The second kappa shape index (κ2) is 6.00. The highest BCUT2D eigenvalue weighted by Gasteiger charge is 2.16. The SMILES string of the molecule is CCOc1ncnc(Oc2cc(Br)cc(F)c2F)c1N. The summed E-state index contributed by atoms with van der Waals surface area (Å²) in [5, 5.41) is 0. The number of nitrogens with two attached hydrogens (primary N) is 1. The van der Waals surface area contributed by atoms with Crippen LogP contribution in [0, 0.1) is 11.6 Å². The highest BCUT2D eigenvalue weighted by Crippen LogP contribution is 2.33. The van der Waals surface area contributed by atoms with E-state index in [1.165, 1.54) is 6.07 Å². The summed E-state index contributed by atoms with van der Waals surface area (Å²) in [6.07, 6.45) is 1.16. The Balaban J connectivity index is 2.38. The maximum Gasteiger partial charge on any atom is 0.249 e. The molecule has 0 aliphatic rings. The number of rotatable bonds is 4. The number of nitrogens with zero attached hydrogens (tertiary/aromatic N) is 2. The van der Waals surface area contributed by atoms with E-state index >= 15 is 0 Å². The van der Waals surface area contributed by atoms with Crippen LogP contribution in [-0.4, -0.2) is 16.6 Å². The van der Waals surface area contributed by atoms with Crippen molar-refractivity contribution in [3.05, 3.63) is 34.6 Å². The summed E-state index contributed by atoms with van der Waals surface area (Å²) in [6.45, 7) is 2.10. The zero-order chi connectivity index (χ0) is 14.7. The van der Waals surface area contributed by atoms with Gasteiger partial charge in [0.1, 0.15) is 6.33 Å². The predicted molar refractivity (Wildman–Crippen MR) is 71.7 cm³/mol. The van der Waals surface area contributed by atoms with Gasteiger partial charge in [0.15, 0.2) is 17.3 Å². The first-order chi connectivity index (χ1) is 9.52. The standard InChI is InChI=1S/C12H10BrF2N3O2/c1-2-19-11-10(16)12(18-5-17-11)20-8-4-6(13)3-7(14)9(8)15/h3-5H,2,16H2,1H3. The number of halogens is 3. The third kappa shape index (κ3) is 2.96. The summed E-state index contributed by atoms with van der Waals surface area (Å²) in [6, 6.07) is 2.25. The first kappa shape index (κ1) is 14.4. The Labute approximate surface area is 121 Å². The van der Waals surface area contributed by atoms with Crippen LogP contribution in [0.25, 0.3) is 0 Å². The minimum atomic E-state index is -1.14. The van der Waals surface area contributed by atoms with Crippen LogP contribution in [0.3, 0.4) is 0 Å². The lowest BCUT2D eigenvalue weighted by Gasteiger charge is -2.11. The lowest BCUT2D eigenvalue weighted by atomic mass is 10.3. The number of hydrogen-bond acceptors (Lipinski definition) is 5. The number of nitrogen functional groups attached to an aromatic ring is 1. The molecule has 1 heterocycles. The van der Waals surface area contributed by atoms with E-state index < -0.39 is 11.6 Å². The van der Waals surface area contributed by atoms with Crippen LogP contribution in [0.1, 0.15) is 6.92 Å². The van der Waals surface area contributed by atoms with E-state index in [-0.39, 0.29) is 23.2 Å². The molecule has 0 saturated heterocycles. The van der Waals surface area contributed by atoms with Crippen molar-refractivity contribution < 1.29 is 18.3 Å². The molecule has 1 aromatic carbocycles. The molecule has 0 aliphatic carbocycles. The van der Waals surface area contributed by atoms with Crippen molar-refractivity contribution in [2.75, 3.05) is 12.3 Å². The predicted octanol–water partition coefficient (Wildman–Crippen LogP) is 3.29. The largest absolute Gasteiger partial charge is 0.476 e. The van der Waals surface area contributed by atoms with Crippen LogP contribution in [-0.2, 0) is 0 Å². The number of aromatic nitrogens is 2. The lowest BCUT2D eigenvalue weighted by Crippen LogP contribution is -2.03. The number of benzene rings is 1. The second-order valence-corrected chi connectivity index (χ2v) is 4.55. The maximum atomic E-state index is 13.6. The molecule has 106 valence electrons. The molecule has 0 atom stereocenters. The Morgan fingerprint density at radius 1 is 1.25 bits per heavy atom. The summed E-state index contributed by atoms with van der Waals surface area (Å²) >= 11 is 3.04. The normalized spacial score (nSPS) is 10.4. The molecule has 0 fully saturated rings. The topological polar surface area (TPSA) is 70.3 Å². The van der Waals surface area contributed by atoms with Crippen molar-refractivity contribution in [2.24, 2.45) is 0 Å². The van der Waals surface area contributed by atoms with Gasteiger partial charge in [0, 0.05) is 4.47 Å². The van der Waals surface area contributed by atoms with Gasteiger partial charge in [-0.2, -0.15) is 14.4 Å². The quantitative estimate of drug-likeness (QED) is 0.861. The van der Waals surface area contributed by atoms with Gasteiger partial charge in [-0.05, 0) is 19.1 Å². The van der Waals surface area contributed by atoms with Crippen LogP contribution in [0.4, 0.5) is 14.5 Å².